The Morgan fingerprint density at radius 2 is 2.36 bits per heavy atom. The molecule has 0 saturated heterocycles. The number of carbonyl (C=O) groups is 1. The third-order valence-corrected chi connectivity index (χ3v) is 3.21. The number of hydrogen-bond acceptors (Lipinski definition) is 4. The molecule has 72 valence electrons. The molecule has 2 aromatic rings. The SMILES string of the molecule is O=C(O)c1sc2nc[nH]c(=O)c2c1Cl. The predicted octanol–water partition coefficient (Wildman–Crippen LogP) is 1.34. The lowest BCUT2D eigenvalue weighted by Crippen LogP contribution is -2.04. The van der Waals surface area contributed by atoms with Crippen LogP contribution >= 0.6 is 22.9 Å². The number of halogens is 1. The van der Waals surface area contributed by atoms with Gasteiger partial charge in [-0.05, 0) is 0 Å². The maximum absolute atomic E-state index is 11.3. The van der Waals surface area contributed by atoms with Crippen LogP contribution in [-0.2, 0) is 0 Å². The first kappa shape index (κ1) is 9.17. The third kappa shape index (κ3) is 1.19. The molecule has 0 unspecified atom stereocenters. The fourth-order valence-electron chi connectivity index (χ4n) is 1.05. The molecule has 2 aromatic heterocycles. The van der Waals surface area contributed by atoms with E-state index in [-0.39, 0.29) is 15.3 Å². The molecule has 0 radical (unpaired) electrons. The second kappa shape index (κ2) is 3.07. The van der Waals surface area contributed by atoms with E-state index in [0.29, 0.717) is 4.83 Å². The quantitative estimate of drug-likeness (QED) is 0.774. The zero-order valence-corrected chi connectivity index (χ0v) is 8.15. The van der Waals surface area contributed by atoms with Crippen LogP contribution in [-0.4, -0.2) is 21.0 Å². The first-order valence-electron chi connectivity index (χ1n) is 3.50. The van der Waals surface area contributed by atoms with Crippen LogP contribution in [0.2, 0.25) is 5.02 Å². The van der Waals surface area contributed by atoms with E-state index in [1.54, 1.807) is 0 Å². The summed E-state index contributed by atoms with van der Waals surface area (Å²) in [7, 11) is 0. The lowest BCUT2D eigenvalue weighted by molar-refractivity contribution is 0.0702. The molecule has 0 atom stereocenters. The van der Waals surface area contributed by atoms with Gasteiger partial charge in [0.25, 0.3) is 5.56 Å². The van der Waals surface area contributed by atoms with Crippen LogP contribution in [0.3, 0.4) is 0 Å². The number of aromatic amines is 1. The Morgan fingerprint density at radius 3 is 2.93 bits per heavy atom. The minimum Gasteiger partial charge on any atom is -0.477 e. The van der Waals surface area contributed by atoms with Gasteiger partial charge in [-0.25, -0.2) is 9.78 Å². The van der Waals surface area contributed by atoms with Gasteiger partial charge >= 0.3 is 5.97 Å². The molecule has 7 heteroatoms. The van der Waals surface area contributed by atoms with Crippen LogP contribution in [0.1, 0.15) is 9.67 Å². The van der Waals surface area contributed by atoms with Gasteiger partial charge in [-0.2, -0.15) is 0 Å². The lowest BCUT2D eigenvalue weighted by atomic mass is 10.3. The lowest BCUT2D eigenvalue weighted by Gasteiger charge is -1.87. The largest absolute Gasteiger partial charge is 0.477 e. The molecule has 0 bridgehead atoms. The van der Waals surface area contributed by atoms with E-state index in [2.05, 4.69) is 9.97 Å². The van der Waals surface area contributed by atoms with Gasteiger partial charge in [0.1, 0.15) is 9.71 Å². The maximum Gasteiger partial charge on any atom is 0.347 e. The van der Waals surface area contributed by atoms with Gasteiger partial charge in [0, 0.05) is 0 Å². The highest BCUT2D eigenvalue weighted by Crippen LogP contribution is 2.31. The zero-order chi connectivity index (χ0) is 10.3. The van der Waals surface area contributed by atoms with Gasteiger partial charge in [-0.1, -0.05) is 11.6 Å². The molecule has 2 N–H and O–H groups in total. The Morgan fingerprint density at radius 1 is 1.64 bits per heavy atom. The number of nitrogens with zero attached hydrogens (tertiary/aromatic N) is 1. The van der Waals surface area contributed by atoms with Crippen molar-refractivity contribution in [2.24, 2.45) is 0 Å². The molecule has 0 fully saturated rings. The highest BCUT2D eigenvalue weighted by molar-refractivity contribution is 7.21. The van der Waals surface area contributed by atoms with E-state index in [1.807, 2.05) is 0 Å². The van der Waals surface area contributed by atoms with Crippen molar-refractivity contribution in [1.82, 2.24) is 9.97 Å². The summed E-state index contributed by atoms with van der Waals surface area (Å²) in [5, 5.41) is 8.83. The highest BCUT2D eigenvalue weighted by atomic mass is 35.5. The summed E-state index contributed by atoms with van der Waals surface area (Å²) in [4.78, 5) is 28.4. The molecule has 0 amide bonds. The Balaban J connectivity index is 2.94. The second-order valence-corrected chi connectivity index (χ2v) is 3.84. The summed E-state index contributed by atoms with van der Waals surface area (Å²) in [6, 6.07) is 0. The molecule has 5 nitrogen and oxygen atoms in total. The van der Waals surface area contributed by atoms with E-state index in [4.69, 9.17) is 16.7 Å². The molecule has 2 heterocycles. The highest BCUT2D eigenvalue weighted by Gasteiger charge is 2.18. The molecule has 0 spiro atoms. The van der Waals surface area contributed by atoms with E-state index < -0.39 is 11.5 Å². The number of H-pyrrole nitrogens is 1. The van der Waals surface area contributed by atoms with Crippen molar-refractivity contribution in [3.63, 3.8) is 0 Å². The van der Waals surface area contributed by atoms with E-state index >= 15 is 0 Å². The maximum atomic E-state index is 11.3. The van der Waals surface area contributed by atoms with E-state index in [1.165, 1.54) is 6.33 Å². The topological polar surface area (TPSA) is 83.0 Å². The number of carboxylic acid groups (broad SMARTS) is 1. The molecule has 2 rings (SSSR count). The van der Waals surface area contributed by atoms with Crippen LogP contribution in [0.5, 0.6) is 0 Å². The van der Waals surface area contributed by atoms with Crippen LogP contribution in [0, 0.1) is 0 Å². The van der Waals surface area contributed by atoms with Gasteiger partial charge in [-0.15, -0.1) is 11.3 Å². The van der Waals surface area contributed by atoms with E-state index in [9.17, 15) is 9.59 Å². The average Bonchev–Trinajstić information content (AvgIpc) is 2.45. The number of fused-ring (bicyclic) bond motifs is 1. The van der Waals surface area contributed by atoms with Crippen molar-refractivity contribution in [3.05, 3.63) is 26.6 Å². The van der Waals surface area contributed by atoms with Crippen molar-refractivity contribution in [2.45, 2.75) is 0 Å². The summed E-state index contributed by atoms with van der Waals surface area (Å²) in [6.45, 7) is 0. The average molecular weight is 231 g/mol. The van der Waals surface area contributed by atoms with Crippen molar-refractivity contribution in [1.29, 1.82) is 0 Å². The van der Waals surface area contributed by atoms with Gasteiger partial charge in [0.15, 0.2) is 0 Å². The van der Waals surface area contributed by atoms with Crippen LogP contribution in [0.15, 0.2) is 11.1 Å². The summed E-state index contributed by atoms with van der Waals surface area (Å²) in [5.74, 6) is -1.16. The fraction of sp³-hybridized carbons (Fsp3) is 0. The van der Waals surface area contributed by atoms with Crippen LogP contribution in [0.4, 0.5) is 0 Å². The molecule has 0 aliphatic rings. The van der Waals surface area contributed by atoms with E-state index in [0.717, 1.165) is 11.3 Å². The Labute approximate surface area is 86.0 Å². The first-order valence-corrected chi connectivity index (χ1v) is 4.69. The second-order valence-electron chi connectivity index (χ2n) is 2.46. The summed E-state index contributed by atoms with van der Waals surface area (Å²) in [6.07, 6.45) is 1.21. The standard InChI is InChI=1S/C7H3ClN2O3S/c8-3-2-5(11)9-1-10-6(2)14-4(3)7(12)13/h1H,(H,12,13)(H,9,10,11). The summed E-state index contributed by atoms with van der Waals surface area (Å²) < 4.78 is 0. The smallest absolute Gasteiger partial charge is 0.347 e. The van der Waals surface area contributed by atoms with Crippen molar-refractivity contribution < 1.29 is 9.90 Å². The van der Waals surface area contributed by atoms with Crippen molar-refractivity contribution in [2.75, 3.05) is 0 Å². The van der Waals surface area contributed by atoms with Crippen LogP contribution < -0.4 is 5.56 Å². The molecular formula is C7H3ClN2O3S. The van der Waals surface area contributed by atoms with Crippen LogP contribution in [0.25, 0.3) is 10.2 Å². The van der Waals surface area contributed by atoms with Gasteiger partial charge < -0.3 is 10.1 Å². The molecule has 0 aliphatic carbocycles. The summed E-state index contributed by atoms with van der Waals surface area (Å²) in [5.41, 5.74) is -0.427. The number of aromatic carboxylic acids is 1. The minimum absolute atomic E-state index is 0.0492. The number of thiophene rings is 1. The minimum atomic E-state index is -1.16. The third-order valence-electron chi connectivity index (χ3n) is 1.63. The normalized spacial score (nSPS) is 10.6. The fourth-order valence-corrected chi connectivity index (χ4v) is 2.35. The van der Waals surface area contributed by atoms with Gasteiger partial charge in [-0.3, -0.25) is 4.79 Å². The number of hydrogen-bond donors (Lipinski definition) is 2. The zero-order valence-electron chi connectivity index (χ0n) is 6.57. The number of nitrogens with one attached hydrogen (secondary N) is 1. The molecule has 0 aromatic carbocycles. The first-order chi connectivity index (χ1) is 6.61. The Bertz CT molecular complexity index is 574. The number of rotatable bonds is 1. The predicted molar refractivity (Wildman–Crippen MR) is 52.2 cm³/mol. The van der Waals surface area contributed by atoms with Gasteiger partial charge in [0.05, 0.1) is 16.7 Å². The van der Waals surface area contributed by atoms with Gasteiger partial charge in [0.2, 0.25) is 0 Å². The Kier molecular flexibility index (Phi) is 2.01. The molecule has 0 saturated carbocycles. The monoisotopic (exact) mass is 230 g/mol. The molecular weight excluding hydrogens is 228 g/mol. The van der Waals surface area contributed by atoms with Crippen molar-refractivity contribution >= 4 is 39.1 Å². The number of carboxylic acids is 1. The van der Waals surface area contributed by atoms with Crippen molar-refractivity contribution in [3.8, 4) is 0 Å². The number of aromatic nitrogens is 2. The molecule has 14 heavy (non-hydrogen) atoms. The molecule has 0 aliphatic heterocycles. The Hall–Kier alpha value is -1.40. The summed E-state index contributed by atoms with van der Waals surface area (Å²) >= 11 is 6.61.